The molecular formula is C14H12FNO2. The Morgan fingerprint density at radius 1 is 1.44 bits per heavy atom. The molecule has 1 aromatic heterocycles. The van der Waals surface area contributed by atoms with Crippen LogP contribution >= 0.6 is 0 Å². The Bertz CT molecular complexity index is 662. The van der Waals surface area contributed by atoms with Crippen LogP contribution in [0.5, 0.6) is 0 Å². The third-order valence-corrected chi connectivity index (χ3v) is 3.41. The van der Waals surface area contributed by atoms with Gasteiger partial charge in [0, 0.05) is 17.0 Å². The van der Waals surface area contributed by atoms with Crippen LogP contribution in [-0.4, -0.2) is 16.1 Å². The van der Waals surface area contributed by atoms with Crippen LogP contribution in [0.4, 0.5) is 4.39 Å². The summed E-state index contributed by atoms with van der Waals surface area (Å²) in [7, 11) is 0. The van der Waals surface area contributed by atoms with Crippen LogP contribution in [0.3, 0.4) is 0 Å². The van der Waals surface area contributed by atoms with E-state index in [1.54, 1.807) is 13.0 Å². The molecule has 0 amide bonds. The number of rotatable bonds is 2. The zero-order chi connectivity index (χ0) is 12.9. The molecule has 0 aliphatic heterocycles. The molecule has 3 nitrogen and oxygen atoms in total. The van der Waals surface area contributed by atoms with E-state index < -0.39 is 11.8 Å². The van der Waals surface area contributed by atoms with E-state index in [4.69, 9.17) is 0 Å². The molecule has 0 saturated heterocycles. The van der Waals surface area contributed by atoms with E-state index >= 15 is 0 Å². The molecule has 1 N–H and O–H groups in total. The van der Waals surface area contributed by atoms with Gasteiger partial charge in [-0.2, -0.15) is 0 Å². The number of hydrogen-bond acceptors (Lipinski definition) is 2. The number of fused-ring (bicyclic) bond motifs is 1. The molecule has 0 radical (unpaired) electrons. The monoisotopic (exact) mass is 245 g/mol. The van der Waals surface area contributed by atoms with Crippen LogP contribution in [0.25, 0.3) is 10.9 Å². The lowest BCUT2D eigenvalue weighted by Crippen LogP contribution is -2.06. The Hall–Kier alpha value is -1.97. The first kappa shape index (κ1) is 11.1. The van der Waals surface area contributed by atoms with Crippen molar-refractivity contribution in [1.82, 2.24) is 4.98 Å². The zero-order valence-electron chi connectivity index (χ0n) is 9.90. The minimum Gasteiger partial charge on any atom is -0.478 e. The van der Waals surface area contributed by atoms with E-state index in [-0.39, 0.29) is 5.56 Å². The van der Waals surface area contributed by atoms with Crippen molar-refractivity contribution in [2.45, 2.75) is 25.7 Å². The van der Waals surface area contributed by atoms with Gasteiger partial charge in [-0.15, -0.1) is 0 Å². The zero-order valence-corrected chi connectivity index (χ0v) is 9.90. The molecule has 1 heterocycles. The van der Waals surface area contributed by atoms with Gasteiger partial charge < -0.3 is 5.11 Å². The van der Waals surface area contributed by atoms with Crippen LogP contribution in [0.15, 0.2) is 18.2 Å². The average Bonchev–Trinajstić information content (AvgIpc) is 3.11. The molecule has 2 aromatic rings. The summed E-state index contributed by atoms with van der Waals surface area (Å²) in [5.41, 5.74) is 2.26. The van der Waals surface area contributed by atoms with Crippen LogP contribution in [0, 0.1) is 12.7 Å². The molecule has 1 aliphatic rings. The normalized spacial score (nSPS) is 15.0. The highest BCUT2D eigenvalue weighted by Crippen LogP contribution is 2.42. The molecule has 0 bridgehead atoms. The molecule has 18 heavy (non-hydrogen) atoms. The summed E-state index contributed by atoms with van der Waals surface area (Å²) in [6, 6.07) is 4.10. The minimum atomic E-state index is -1.02. The van der Waals surface area contributed by atoms with Crippen molar-refractivity contribution in [2.24, 2.45) is 0 Å². The van der Waals surface area contributed by atoms with Crippen molar-refractivity contribution in [2.75, 3.05) is 0 Å². The molecule has 4 heteroatoms. The number of pyridine rings is 1. The minimum absolute atomic E-state index is 0.182. The van der Waals surface area contributed by atoms with Crippen molar-refractivity contribution in [3.8, 4) is 0 Å². The predicted octanol–water partition coefficient (Wildman–Crippen LogP) is 3.26. The number of carbonyl (C=O) groups is 1. The molecule has 3 rings (SSSR count). The van der Waals surface area contributed by atoms with Crippen LogP contribution in [0.2, 0.25) is 0 Å². The second kappa shape index (κ2) is 3.77. The van der Waals surface area contributed by atoms with Crippen LogP contribution in [-0.2, 0) is 0 Å². The lowest BCUT2D eigenvalue weighted by molar-refractivity contribution is 0.0698. The van der Waals surface area contributed by atoms with Gasteiger partial charge in [0.25, 0.3) is 0 Å². The summed E-state index contributed by atoms with van der Waals surface area (Å²) in [4.78, 5) is 15.9. The number of carboxylic acids is 1. The van der Waals surface area contributed by atoms with Gasteiger partial charge in [-0.05, 0) is 43.5 Å². The highest BCUT2D eigenvalue weighted by Gasteiger charge is 2.29. The highest BCUT2D eigenvalue weighted by atomic mass is 19.1. The molecule has 92 valence electrons. The summed E-state index contributed by atoms with van der Waals surface area (Å²) in [6.07, 6.45) is 2.11. The smallest absolute Gasteiger partial charge is 0.336 e. The van der Waals surface area contributed by atoms with Gasteiger partial charge in [-0.1, -0.05) is 0 Å². The number of aromatic nitrogens is 1. The van der Waals surface area contributed by atoms with E-state index in [9.17, 15) is 14.3 Å². The number of nitrogens with zero attached hydrogens (tertiary/aromatic N) is 1. The Morgan fingerprint density at radius 3 is 2.78 bits per heavy atom. The van der Waals surface area contributed by atoms with Crippen molar-refractivity contribution in [3.05, 3.63) is 40.8 Å². The van der Waals surface area contributed by atoms with E-state index in [0.717, 1.165) is 18.5 Å². The van der Waals surface area contributed by atoms with Crippen molar-refractivity contribution in [1.29, 1.82) is 0 Å². The molecule has 1 saturated carbocycles. The summed E-state index contributed by atoms with van der Waals surface area (Å²) in [6.45, 7) is 1.76. The van der Waals surface area contributed by atoms with Crippen LogP contribution in [0.1, 0.15) is 40.4 Å². The Kier molecular flexibility index (Phi) is 2.33. The maximum atomic E-state index is 13.3. The highest BCUT2D eigenvalue weighted by molar-refractivity contribution is 6.04. The van der Waals surface area contributed by atoms with Gasteiger partial charge >= 0.3 is 5.97 Å². The van der Waals surface area contributed by atoms with E-state index in [0.29, 0.717) is 22.4 Å². The molecule has 1 fully saturated rings. The second-order valence-corrected chi connectivity index (χ2v) is 4.74. The maximum Gasteiger partial charge on any atom is 0.336 e. The molecular weight excluding hydrogens is 233 g/mol. The molecule has 0 atom stereocenters. The summed E-state index contributed by atoms with van der Waals surface area (Å²) in [5.74, 6) is -1.09. The van der Waals surface area contributed by atoms with Crippen molar-refractivity contribution < 1.29 is 14.3 Å². The number of benzene rings is 1. The van der Waals surface area contributed by atoms with Gasteiger partial charge in [-0.3, -0.25) is 4.98 Å². The van der Waals surface area contributed by atoms with E-state index in [2.05, 4.69) is 4.98 Å². The first-order valence-corrected chi connectivity index (χ1v) is 5.91. The Balaban J connectivity index is 2.39. The van der Waals surface area contributed by atoms with Crippen molar-refractivity contribution in [3.63, 3.8) is 0 Å². The van der Waals surface area contributed by atoms with Gasteiger partial charge in [0.2, 0.25) is 0 Å². The number of carboxylic acid groups (broad SMARTS) is 1. The first-order valence-electron chi connectivity index (χ1n) is 5.91. The van der Waals surface area contributed by atoms with Gasteiger partial charge in [0.15, 0.2) is 0 Å². The maximum absolute atomic E-state index is 13.3. The third-order valence-electron chi connectivity index (χ3n) is 3.41. The van der Waals surface area contributed by atoms with Crippen LogP contribution < -0.4 is 0 Å². The Labute approximate surface area is 103 Å². The fourth-order valence-electron chi connectivity index (χ4n) is 2.38. The molecule has 0 unspecified atom stereocenters. The van der Waals surface area contributed by atoms with Gasteiger partial charge in [0.05, 0.1) is 11.1 Å². The van der Waals surface area contributed by atoms with E-state index in [1.807, 2.05) is 0 Å². The summed E-state index contributed by atoms with van der Waals surface area (Å²) >= 11 is 0. The number of aromatic carboxylic acids is 1. The Morgan fingerprint density at radius 2 is 2.17 bits per heavy atom. The number of halogens is 1. The fraction of sp³-hybridized carbons (Fsp3) is 0.286. The summed E-state index contributed by atoms with van der Waals surface area (Å²) in [5, 5.41) is 9.71. The lowest BCUT2D eigenvalue weighted by Gasteiger charge is -2.11. The molecule has 1 aromatic carbocycles. The largest absolute Gasteiger partial charge is 0.478 e. The van der Waals surface area contributed by atoms with Gasteiger partial charge in [-0.25, -0.2) is 9.18 Å². The predicted molar refractivity (Wildman–Crippen MR) is 65.4 cm³/mol. The van der Waals surface area contributed by atoms with Crippen molar-refractivity contribution >= 4 is 16.9 Å². The quantitative estimate of drug-likeness (QED) is 0.883. The van der Waals surface area contributed by atoms with E-state index in [1.165, 1.54) is 12.1 Å². The SMILES string of the molecule is Cc1c(C2CC2)nc2ccc(F)cc2c1C(=O)O. The summed E-state index contributed by atoms with van der Waals surface area (Å²) < 4.78 is 13.3. The standard InChI is InChI=1S/C14H12FNO2/c1-7-12(14(17)18)10-6-9(15)4-5-11(10)16-13(7)8-2-3-8/h4-6,8H,2-3H2,1H3,(H,17,18). The van der Waals surface area contributed by atoms with Gasteiger partial charge in [0.1, 0.15) is 5.82 Å². The topological polar surface area (TPSA) is 50.2 Å². The number of hydrogen-bond donors (Lipinski definition) is 1. The lowest BCUT2D eigenvalue weighted by atomic mass is 9.99. The molecule has 0 spiro atoms. The molecule has 1 aliphatic carbocycles. The second-order valence-electron chi connectivity index (χ2n) is 4.74. The third kappa shape index (κ3) is 1.65. The fourth-order valence-corrected chi connectivity index (χ4v) is 2.38. The average molecular weight is 245 g/mol. The first-order chi connectivity index (χ1) is 8.58.